The van der Waals surface area contributed by atoms with Gasteiger partial charge in [-0.15, -0.1) is 0 Å². The van der Waals surface area contributed by atoms with E-state index < -0.39 is 16.5 Å². The van der Waals surface area contributed by atoms with Crippen LogP contribution in [0.15, 0.2) is 18.5 Å². The molecule has 1 atom stereocenters. The number of hydrogen-bond acceptors (Lipinski definition) is 5. The Morgan fingerprint density at radius 1 is 1.29 bits per heavy atom. The van der Waals surface area contributed by atoms with E-state index in [1.807, 2.05) is 24.6 Å². The Labute approximate surface area is 142 Å². The second kappa shape index (κ2) is 7.91. The molecule has 1 N–H and O–H groups in total. The molecule has 2 aromatic rings. The van der Waals surface area contributed by atoms with Crippen molar-refractivity contribution in [2.75, 3.05) is 0 Å². The fourth-order valence-corrected chi connectivity index (χ4v) is 3.20. The minimum atomic E-state index is -4.52. The molecule has 2 aromatic heterocycles. The minimum absolute atomic E-state index is 0.460. The van der Waals surface area contributed by atoms with E-state index in [-0.39, 0.29) is 0 Å². The second-order valence-corrected chi connectivity index (χ2v) is 6.96. The number of nitrogens with zero attached hydrogens (tertiary/aromatic N) is 4. The third-order valence-corrected chi connectivity index (χ3v) is 4.30. The molecule has 24 heavy (non-hydrogen) atoms. The van der Waals surface area contributed by atoms with Gasteiger partial charge >= 0.3 is 10.4 Å². The normalized spacial score (nSPS) is 13.3. The molecule has 0 saturated heterocycles. The van der Waals surface area contributed by atoms with Crippen molar-refractivity contribution in [3.8, 4) is 0 Å². The van der Waals surface area contributed by atoms with Crippen LogP contribution in [0.3, 0.4) is 0 Å². The van der Waals surface area contributed by atoms with Gasteiger partial charge in [-0.1, -0.05) is 12.8 Å². The molecule has 9 heteroatoms. The molecule has 0 aromatic carbocycles. The molecule has 134 valence electrons. The van der Waals surface area contributed by atoms with Gasteiger partial charge in [0.25, 0.3) is 0 Å². The molecule has 0 radical (unpaired) electrons. The summed E-state index contributed by atoms with van der Waals surface area (Å²) in [6.07, 6.45) is 5.54. The minimum Gasteiger partial charge on any atom is -0.336 e. The molecule has 1 unspecified atom stereocenters. The van der Waals surface area contributed by atoms with Crippen LogP contribution in [0.1, 0.15) is 49.0 Å². The number of aryl methyl sites for hydroxylation is 4. The Morgan fingerprint density at radius 2 is 2.04 bits per heavy atom. The number of unbranched alkanes of at least 4 members (excludes halogenated alkanes) is 2. The van der Waals surface area contributed by atoms with Gasteiger partial charge in [0.2, 0.25) is 0 Å². The lowest BCUT2D eigenvalue weighted by Gasteiger charge is -2.15. The van der Waals surface area contributed by atoms with Crippen LogP contribution in [-0.2, 0) is 28.2 Å². The van der Waals surface area contributed by atoms with Gasteiger partial charge in [0.15, 0.2) is 0 Å². The van der Waals surface area contributed by atoms with E-state index in [0.29, 0.717) is 12.2 Å². The van der Waals surface area contributed by atoms with E-state index in [1.54, 1.807) is 24.0 Å². The van der Waals surface area contributed by atoms with Crippen LogP contribution in [0.2, 0.25) is 0 Å². The third kappa shape index (κ3) is 5.43. The van der Waals surface area contributed by atoms with Crippen LogP contribution in [0, 0.1) is 13.8 Å². The summed E-state index contributed by atoms with van der Waals surface area (Å²) in [4.78, 5) is 4.11. The molecule has 0 bridgehead atoms. The Balaban J connectivity index is 1.85. The zero-order valence-electron chi connectivity index (χ0n) is 14.2. The van der Waals surface area contributed by atoms with Gasteiger partial charge in [0.05, 0.1) is 5.69 Å². The maximum atomic E-state index is 11.0. The van der Waals surface area contributed by atoms with E-state index in [1.165, 1.54) is 0 Å². The highest BCUT2D eigenvalue weighted by Gasteiger charge is 2.22. The second-order valence-electron chi connectivity index (χ2n) is 5.91. The van der Waals surface area contributed by atoms with Gasteiger partial charge in [0.1, 0.15) is 11.9 Å². The van der Waals surface area contributed by atoms with E-state index >= 15 is 0 Å². The summed E-state index contributed by atoms with van der Waals surface area (Å²) in [5, 5.41) is 4.41. The topological polar surface area (TPSA) is 99.2 Å². The van der Waals surface area contributed by atoms with Crippen LogP contribution in [0.25, 0.3) is 0 Å². The predicted molar refractivity (Wildman–Crippen MR) is 88.8 cm³/mol. The van der Waals surface area contributed by atoms with Gasteiger partial charge < -0.3 is 4.57 Å². The van der Waals surface area contributed by atoms with Crippen molar-refractivity contribution in [2.24, 2.45) is 7.05 Å². The maximum Gasteiger partial charge on any atom is 0.398 e. The van der Waals surface area contributed by atoms with Crippen molar-refractivity contribution in [3.63, 3.8) is 0 Å². The molecule has 0 aliphatic rings. The van der Waals surface area contributed by atoms with Crippen molar-refractivity contribution >= 4 is 10.4 Å². The number of rotatable bonds is 9. The molecule has 8 nitrogen and oxygen atoms in total. The molecular weight excluding hydrogens is 332 g/mol. The van der Waals surface area contributed by atoms with Crippen molar-refractivity contribution < 1.29 is 17.2 Å². The van der Waals surface area contributed by atoms with Crippen LogP contribution in [0.5, 0.6) is 0 Å². The lowest BCUT2D eigenvalue weighted by atomic mass is 10.1. The molecule has 0 amide bonds. The summed E-state index contributed by atoms with van der Waals surface area (Å²) in [6, 6.07) is 2.04. The van der Waals surface area contributed by atoms with Crippen LogP contribution < -0.4 is 0 Å². The smallest absolute Gasteiger partial charge is 0.336 e. The van der Waals surface area contributed by atoms with E-state index in [0.717, 1.165) is 37.2 Å². The molecule has 0 spiro atoms. The highest BCUT2D eigenvalue weighted by atomic mass is 32.3. The Kier molecular flexibility index (Phi) is 6.14. The highest BCUT2D eigenvalue weighted by Crippen LogP contribution is 2.24. The number of imidazole rings is 1. The molecule has 0 aliphatic heterocycles. The molecule has 2 rings (SSSR count). The van der Waals surface area contributed by atoms with Crippen molar-refractivity contribution in [2.45, 2.75) is 52.2 Å². The summed E-state index contributed by atoms with van der Waals surface area (Å²) in [5.74, 6) is 0.478. The largest absolute Gasteiger partial charge is 0.398 e. The molecule has 2 heterocycles. The van der Waals surface area contributed by atoms with Crippen molar-refractivity contribution in [1.82, 2.24) is 19.3 Å². The summed E-state index contributed by atoms with van der Waals surface area (Å²) < 4.78 is 39.5. The van der Waals surface area contributed by atoms with Crippen LogP contribution in [0.4, 0.5) is 0 Å². The number of aromatic nitrogens is 4. The van der Waals surface area contributed by atoms with E-state index in [9.17, 15) is 8.42 Å². The monoisotopic (exact) mass is 356 g/mol. The lowest BCUT2D eigenvalue weighted by molar-refractivity contribution is 0.160. The fraction of sp³-hybridized carbons (Fsp3) is 0.600. The van der Waals surface area contributed by atoms with E-state index in [2.05, 4.69) is 10.1 Å². The fourth-order valence-electron chi connectivity index (χ4n) is 2.72. The summed E-state index contributed by atoms with van der Waals surface area (Å²) in [5.41, 5.74) is 2.14. The van der Waals surface area contributed by atoms with Crippen LogP contribution in [-0.4, -0.2) is 32.3 Å². The summed E-state index contributed by atoms with van der Waals surface area (Å²) in [6.45, 7) is 4.82. The molecular formula is C15H24N4O4S. The first kappa shape index (κ1) is 18.6. The zero-order valence-corrected chi connectivity index (χ0v) is 15.0. The number of hydrogen-bond donors (Lipinski definition) is 1. The van der Waals surface area contributed by atoms with Gasteiger partial charge in [-0.2, -0.15) is 13.5 Å². The molecule has 0 fully saturated rings. The summed E-state index contributed by atoms with van der Waals surface area (Å²) in [7, 11) is -2.77. The van der Waals surface area contributed by atoms with Crippen molar-refractivity contribution in [1.29, 1.82) is 0 Å². The molecule has 0 saturated carbocycles. The van der Waals surface area contributed by atoms with Crippen LogP contribution >= 0.6 is 0 Å². The first-order valence-electron chi connectivity index (χ1n) is 7.90. The summed E-state index contributed by atoms with van der Waals surface area (Å²) >= 11 is 0. The first-order valence-corrected chi connectivity index (χ1v) is 9.27. The Morgan fingerprint density at radius 3 is 2.58 bits per heavy atom. The average Bonchev–Trinajstić information content (AvgIpc) is 3.01. The zero-order chi connectivity index (χ0) is 17.7. The first-order chi connectivity index (χ1) is 11.3. The van der Waals surface area contributed by atoms with E-state index in [4.69, 9.17) is 8.74 Å². The van der Waals surface area contributed by atoms with Gasteiger partial charge in [-0.25, -0.2) is 9.17 Å². The standard InChI is InChI=1S/C15H24N4O4S/c1-12-11-13(2)19(17-12)9-6-4-5-7-14(23-24(20,21)22)15-16-8-10-18(15)3/h8,10-11,14H,4-7,9H2,1-3H3,(H,20,21,22). The highest BCUT2D eigenvalue weighted by molar-refractivity contribution is 7.80. The lowest BCUT2D eigenvalue weighted by Crippen LogP contribution is -2.15. The molecule has 0 aliphatic carbocycles. The van der Waals surface area contributed by atoms with Gasteiger partial charge in [-0.3, -0.25) is 9.23 Å². The Hall–Kier alpha value is -1.71. The Bertz CT molecular complexity index is 766. The average molecular weight is 356 g/mol. The predicted octanol–water partition coefficient (Wildman–Crippen LogP) is 2.35. The quantitative estimate of drug-likeness (QED) is 0.547. The van der Waals surface area contributed by atoms with Gasteiger partial charge in [0, 0.05) is 31.7 Å². The maximum absolute atomic E-state index is 11.0. The third-order valence-electron chi connectivity index (χ3n) is 3.82. The SMILES string of the molecule is Cc1cc(C)n(CCCCCC(OS(=O)(=O)O)c2nccn2C)n1. The van der Waals surface area contributed by atoms with Gasteiger partial charge in [-0.05, 0) is 32.8 Å². The van der Waals surface area contributed by atoms with Crippen molar-refractivity contribution in [3.05, 3.63) is 35.7 Å².